The molecule has 0 bridgehead atoms. The normalized spacial score (nSPS) is 12.1. The van der Waals surface area contributed by atoms with E-state index in [9.17, 15) is 9.59 Å². The monoisotopic (exact) mass is 472 g/mol. The lowest BCUT2D eigenvalue weighted by Gasteiger charge is -2.15. The van der Waals surface area contributed by atoms with E-state index in [0.717, 1.165) is 70.8 Å². The molecule has 0 saturated carbocycles. The molecule has 3 aromatic heterocycles. The Balaban J connectivity index is 1.62. The number of aromatic amines is 2. The number of nitrogens with zero attached hydrogens (tertiary/aromatic N) is 2. The van der Waals surface area contributed by atoms with E-state index in [2.05, 4.69) is 27.1 Å². The van der Waals surface area contributed by atoms with Gasteiger partial charge in [0, 0.05) is 47.3 Å². The maximum atomic E-state index is 12.0. The molecule has 1 unspecified atom stereocenters. The predicted octanol–water partition coefficient (Wildman–Crippen LogP) is 5.69. The number of benzene rings is 1. The molecule has 35 heavy (non-hydrogen) atoms. The number of ketones is 1. The summed E-state index contributed by atoms with van der Waals surface area (Å²) in [5.74, 6) is 1.72. The number of fused-ring (bicyclic) bond motifs is 1. The molecule has 0 radical (unpaired) electrons. The fraction of sp³-hybridized carbons (Fsp3) is 0.357. The van der Waals surface area contributed by atoms with Gasteiger partial charge in [-0.2, -0.15) is 0 Å². The van der Waals surface area contributed by atoms with Gasteiger partial charge >= 0.3 is 0 Å². The van der Waals surface area contributed by atoms with Gasteiger partial charge in [0.2, 0.25) is 5.56 Å². The molecule has 4 aromatic rings. The van der Waals surface area contributed by atoms with Gasteiger partial charge in [0.05, 0.1) is 30.4 Å². The van der Waals surface area contributed by atoms with Gasteiger partial charge in [-0.05, 0) is 38.0 Å². The molecule has 7 heteroatoms. The Kier molecular flexibility index (Phi) is 7.75. The Bertz CT molecular complexity index is 1370. The smallest absolute Gasteiger partial charge is 0.248 e. The Morgan fingerprint density at radius 2 is 1.94 bits per heavy atom. The second-order valence-electron chi connectivity index (χ2n) is 8.89. The SMILES string of the molecule is CCC(=O)CCCCCC(c1cccc(=O)[nH]1)c1ncc(-c2cc3ccc(C)nc3cc2OC)[nH]1. The second kappa shape index (κ2) is 11.1. The summed E-state index contributed by atoms with van der Waals surface area (Å²) in [5, 5.41) is 1.02. The van der Waals surface area contributed by atoms with Crippen LogP contribution in [0.3, 0.4) is 0 Å². The summed E-state index contributed by atoms with van der Waals surface area (Å²) in [6.07, 6.45) is 6.62. The summed E-state index contributed by atoms with van der Waals surface area (Å²) >= 11 is 0. The summed E-state index contributed by atoms with van der Waals surface area (Å²) < 4.78 is 5.68. The third-order valence-electron chi connectivity index (χ3n) is 6.37. The van der Waals surface area contributed by atoms with Crippen LogP contribution < -0.4 is 10.3 Å². The second-order valence-corrected chi connectivity index (χ2v) is 8.89. The summed E-state index contributed by atoms with van der Waals surface area (Å²) in [6, 6.07) is 13.3. The molecular weight excluding hydrogens is 440 g/mol. The Hall–Kier alpha value is -3.74. The minimum absolute atomic E-state index is 0.0877. The number of unbranched alkanes of at least 4 members (excludes halogenated alkanes) is 2. The molecule has 0 fully saturated rings. The molecule has 0 amide bonds. The molecule has 0 aliphatic heterocycles. The Labute approximate surface area is 205 Å². The van der Waals surface area contributed by atoms with Crippen LogP contribution in [-0.4, -0.2) is 32.8 Å². The number of imidazole rings is 1. The van der Waals surface area contributed by atoms with Crippen LogP contribution in [0, 0.1) is 6.92 Å². The number of rotatable bonds is 11. The number of pyridine rings is 2. The topological polar surface area (TPSA) is 101 Å². The minimum atomic E-state index is -0.133. The highest BCUT2D eigenvalue weighted by Crippen LogP contribution is 2.35. The van der Waals surface area contributed by atoms with E-state index < -0.39 is 0 Å². The molecular formula is C28H32N4O3. The molecule has 182 valence electrons. The van der Waals surface area contributed by atoms with Crippen molar-refractivity contribution in [3.8, 4) is 17.0 Å². The summed E-state index contributed by atoms with van der Waals surface area (Å²) in [7, 11) is 1.65. The number of Topliss-reactive ketones (excluding diaryl/α,β-unsaturated/α-hetero) is 1. The number of H-pyrrole nitrogens is 2. The predicted molar refractivity (Wildman–Crippen MR) is 138 cm³/mol. The fourth-order valence-corrected chi connectivity index (χ4v) is 4.42. The van der Waals surface area contributed by atoms with Gasteiger partial charge in [-0.1, -0.05) is 31.9 Å². The average Bonchev–Trinajstić information content (AvgIpc) is 3.34. The zero-order valence-corrected chi connectivity index (χ0v) is 20.6. The van der Waals surface area contributed by atoms with Gasteiger partial charge in [0.15, 0.2) is 0 Å². The van der Waals surface area contributed by atoms with E-state index >= 15 is 0 Å². The van der Waals surface area contributed by atoms with Crippen molar-refractivity contribution in [2.75, 3.05) is 7.11 Å². The van der Waals surface area contributed by atoms with Crippen LogP contribution in [0.2, 0.25) is 0 Å². The first-order valence-electron chi connectivity index (χ1n) is 12.2. The van der Waals surface area contributed by atoms with Crippen LogP contribution in [0.25, 0.3) is 22.2 Å². The van der Waals surface area contributed by atoms with Crippen LogP contribution in [-0.2, 0) is 4.79 Å². The number of hydrogen-bond donors (Lipinski definition) is 2. The lowest BCUT2D eigenvalue weighted by atomic mass is 9.95. The zero-order valence-electron chi connectivity index (χ0n) is 20.6. The molecule has 1 aromatic carbocycles. The molecule has 2 N–H and O–H groups in total. The van der Waals surface area contributed by atoms with Crippen molar-refractivity contribution in [2.24, 2.45) is 0 Å². The summed E-state index contributed by atoms with van der Waals surface area (Å²) in [6.45, 7) is 3.87. The van der Waals surface area contributed by atoms with E-state index in [4.69, 9.17) is 9.72 Å². The van der Waals surface area contributed by atoms with Crippen molar-refractivity contribution in [2.45, 2.75) is 58.3 Å². The number of ether oxygens (including phenoxy) is 1. The third-order valence-corrected chi connectivity index (χ3v) is 6.37. The zero-order chi connectivity index (χ0) is 24.8. The van der Waals surface area contributed by atoms with Gasteiger partial charge in [-0.25, -0.2) is 4.98 Å². The van der Waals surface area contributed by atoms with Crippen LogP contribution in [0.1, 0.15) is 68.6 Å². The van der Waals surface area contributed by atoms with Gasteiger partial charge in [-0.3, -0.25) is 14.6 Å². The molecule has 7 nitrogen and oxygen atoms in total. The number of carbonyl (C=O) groups excluding carboxylic acids is 1. The standard InChI is InChI=1S/C28H32N4O3/c1-4-20(33)9-6-5-7-10-21(23-11-8-12-27(34)31-23)28-29-17-25(32-28)22-15-19-14-13-18(2)30-24(19)16-26(22)35-3/h8,11-17,21H,4-7,9-10H2,1-3H3,(H,29,32)(H,31,34). The number of hydrogen-bond acceptors (Lipinski definition) is 5. The molecule has 0 spiro atoms. The number of nitrogens with one attached hydrogen (secondary N) is 2. The minimum Gasteiger partial charge on any atom is -0.496 e. The third kappa shape index (κ3) is 5.85. The van der Waals surface area contributed by atoms with E-state index in [1.165, 1.54) is 6.07 Å². The highest BCUT2D eigenvalue weighted by Gasteiger charge is 2.20. The average molecular weight is 473 g/mol. The lowest BCUT2D eigenvalue weighted by Crippen LogP contribution is -2.12. The van der Waals surface area contributed by atoms with E-state index in [-0.39, 0.29) is 11.5 Å². The first-order valence-corrected chi connectivity index (χ1v) is 12.2. The van der Waals surface area contributed by atoms with Crippen molar-refractivity contribution in [3.05, 3.63) is 76.2 Å². The van der Waals surface area contributed by atoms with Crippen molar-refractivity contribution >= 4 is 16.7 Å². The van der Waals surface area contributed by atoms with Crippen LogP contribution in [0.5, 0.6) is 5.75 Å². The number of aromatic nitrogens is 4. The summed E-state index contributed by atoms with van der Waals surface area (Å²) in [5.41, 5.74) is 4.28. The van der Waals surface area contributed by atoms with Gasteiger partial charge in [0.1, 0.15) is 17.4 Å². The lowest BCUT2D eigenvalue weighted by molar-refractivity contribution is -0.118. The van der Waals surface area contributed by atoms with Crippen molar-refractivity contribution < 1.29 is 9.53 Å². The van der Waals surface area contributed by atoms with Crippen LogP contribution in [0.15, 0.2) is 53.5 Å². The molecule has 0 aliphatic rings. The summed E-state index contributed by atoms with van der Waals surface area (Å²) in [4.78, 5) is 39.4. The Morgan fingerprint density at radius 3 is 2.71 bits per heavy atom. The van der Waals surface area contributed by atoms with E-state index in [0.29, 0.717) is 18.6 Å². The number of aryl methyl sites for hydroxylation is 1. The first kappa shape index (κ1) is 24.4. The highest BCUT2D eigenvalue weighted by molar-refractivity contribution is 5.87. The molecule has 4 rings (SSSR count). The van der Waals surface area contributed by atoms with Crippen molar-refractivity contribution in [1.82, 2.24) is 19.9 Å². The van der Waals surface area contributed by atoms with Crippen molar-refractivity contribution in [1.29, 1.82) is 0 Å². The molecule has 3 heterocycles. The van der Waals surface area contributed by atoms with Crippen LogP contribution >= 0.6 is 0 Å². The molecule has 0 saturated heterocycles. The molecule has 1 atom stereocenters. The maximum Gasteiger partial charge on any atom is 0.248 e. The van der Waals surface area contributed by atoms with Gasteiger partial charge in [0.25, 0.3) is 0 Å². The van der Waals surface area contributed by atoms with Crippen LogP contribution in [0.4, 0.5) is 0 Å². The van der Waals surface area contributed by atoms with Gasteiger partial charge in [-0.15, -0.1) is 0 Å². The first-order chi connectivity index (χ1) is 17.0. The van der Waals surface area contributed by atoms with Crippen molar-refractivity contribution in [3.63, 3.8) is 0 Å². The number of methoxy groups -OCH3 is 1. The fourth-order valence-electron chi connectivity index (χ4n) is 4.42. The Morgan fingerprint density at radius 1 is 1.09 bits per heavy atom. The largest absolute Gasteiger partial charge is 0.496 e. The highest BCUT2D eigenvalue weighted by atomic mass is 16.5. The van der Waals surface area contributed by atoms with E-state index in [1.54, 1.807) is 13.2 Å². The quantitative estimate of drug-likeness (QED) is 0.273. The molecule has 0 aliphatic carbocycles. The van der Waals surface area contributed by atoms with E-state index in [1.807, 2.05) is 38.2 Å². The van der Waals surface area contributed by atoms with Gasteiger partial charge < -0.3 is 14.7 Å². The maximum absolute atomic E-state index is 12.0. The number of carbonyl (C=O) groups is 1.